The van der Waals surface area contributed by atoms with Crippen LogP contribution in [0, 0.1) is 12.7 Å². The maximum absolute atomic E-state index is 14.3. The zero-order valence-electron chi connectivity index (χ0n) is 26.6. The smallest absolute Gasteiger partial charge is 0.267 e. The Morgan fingerprint density at radius 1 is 1.19 bits per heavy atom. The van der Waals surface area contributed by atoms with Crippen molar-refractivity contribution in [1.29, 1.82) is 0 Å². The molecule has 1 unspecified atom stereocenters. The van der Waals surface area contributed by atoms with Crippen molar-refractivity contribution in [3.05, 3.63) is 77.2 Å². The summed E-state index contributed by atoms with van der Waals surface area (Å²) >= 11 is 1.11. The van der Waals surface area contributed by atoms with Gasteiger partial charge in [0.05, 0.1) is 36.4 Å². The second-order valence-corrected chi connectivity index (χ2v) is 12.6. The summed E-state index contributed by atoms with van der Waals surface area (Å²) in [5, 5.41) is 9.72. The van der Waals surface area contributed by atoms with Crippen molar-refractivity contribution >= 4 is 51.3 Å². The Hall–Kier alpha value is -5.08. The van der Waals surface area contributed by atoms with Crippen LogP contribution in [0.15, 0.2) is 60.9 Å². The van der Waals surface area contributed by atoms with Crippen LogP contribution in [0.4, 0.5) is 32.5 Å². The summed E-state index contributed by atoms with van der Waals surface area (Å²) in [5.41, 5.74) is 3.13. The minimum atomic E-state index is -0.503. The molecule has 1 aromatic carbocycles. The van der Waals surface area contributed by atoms with E-state index in [1.165, 1.54) is 12.3 Å². The maximum Gasteiger partial charge on any atom is 0.267 e. The van der Waals surface area contributed by atoms with Crippen molar-refractivity contribution in [3.8, 4) is 17.0 Å². The number of carbonyl (C=O) groups excluding carboxylic acids is 2. The van der Waals surface area contributed by atoms with Gasteiger partial charge in [0, 0.05) is 50.6 Å². The highest BCUT2D eigenvalue weighted by Crippen LogP contribution is 2.36. The average Bonchev–Trinajstić information content (AvgIpc) is 3.54. The first-order valence-electron chi connectivity index (χ1n) is 15.2. The van der Waals surface area contributed by atoms with Gasteiger partial charge < -0.3 is 35.4 Å². The zero-order valence-corrected chi connectivity index (χ0v) is 27.4. The van der Waals surface area contributed by atoms with Gasteiger partial charge in [0.2, 0.25) is 5.91 Å². The Balaban J connectivity index is 1.15. The number of pyridine rings is 2. The molecule has 2 amide bonds. The summed E-state index contributed by atoms with van der Waals surface area (Å²) < 4.78 is 19.8. The van der Waals surface area contributed by atoms with Gasteiger partial charge in [-0.05, 0) is 50.8 Å². The first-order valence-corrected chi connectivity index (χ1v) is 16.0. The van der Waals surface area contributed by atoms with Gasteiger partial charge in [-0.3, -0.25) is 9.59 Å². The van der Waals surface area contributed by atoms with Gasteiger partial charge in [0.25, 0.3) is 5.91 Å². The molecule has 0 bridgehead atoms. The number of halogens is 1. The number of likely N-dealkylation sites (N-methyl/N-ethyl adjacent to an activating group) is 1. The Labute approximate surface area is 276 Å². The maximum atomic E-state index is 14.3. The number of benzene rings is 1. The number of aromatic nitrogens is 3. The van der Waals surface area contributed by atoms with Gasteiger partial charge in [-0.1, -0.05) is 29.5 Å². The summed E-state index contributed by atoms with van der Waals surface area (Å²) in [6, 6.07) is 10.4. The lowest BCUT2D eigenvalue weighted by molar-refractivity contribution is -0.126. The fraction of sp³-hybridized carbons (Fsp3) is 0.303. The van der Waals surface area contributed by atoms with E-state index in [0.29, 0.717) is 59.0 Å². The second kappa shape index (κ2) is 13.7. The van der Waals surface area contributed by atoms with E-state index in [-0.39, 0.29) is 17.6 Å². The summed E-state index contributed by atoms with van der Waals surface area (Å²) in [5.74, 6) is 0.834. The fourth-order valence-electron chi connectivity index (χ4n) is 5.53. The molecule has 1 fully saturated rings. The van der Waals surface area contributed by atoms with Crippen molar-refractivity contribution in [2.45, 2.75) is 13.0 Å². The Bertz CT molecular complexity index is 1810. The minimum Gasteiger partial charge on any atom is -0.493 e. The van der Waals surface area contributed by atoms with Gasteiger partial charge in [0.1, 0.15) is 10.7 Å². The monoisotopic (exact) mass is 657 g/mol. The van der Waals surface area contributed by atoms with E-state index < -0.39 is 11.7 Å². The molecular weight excluding hydrogens is 621 g/mol. The molecule has 0 spiro atoms. The lowest BCUT2D eigenvalue weighted by Crippen LogP contribution is -2.58. The number of thiazole rings is 1. The Morgan fingerprint density at radius 2 is 2.04 bits per heavy atom. The number of carbonyl (C=O) groups is 2. The van der Waals surface area contributed by atoms with Crippen molar-refractivity contribution in [2.24, 2.45) is 0 Å². The van der Waals surface area contributed by atoms with E-state index >= 15 is 0 Å². The van der Waals surface area contributed by atoms with E-state index in [0.717, 1.165) is 35.0 Å². The number of hydrogen-bond donors (Lipinski definition) is 3. The highest BCUT2D eigenvalue weighted by molar-refractivity contribution is 7.17. The number of methoxy groups -OCH3 is 1. The fourth-order valence-corrected chi connectivity index (χ4v) is 6.24. The van der Waals surface area contributed by atoms with E-state index in [9.17, 15) is 14.0 Å². The van der Waals surface area contributed by atoms with Crippen LogP contribution in [0.5, 0.6) is 5.75 Å². The third kappa shape index (κ3) is 7.03. The van der Waals surface area contributed by atoms with Crippen LogP contribution in [-0.2, 0) is 4.79 Å². The molecule has 1 saturated heterocycles. The van der Waals surface area contributed by atoms with Crippen LogP contribution >= 0.6 is 11.3 Å². The largest absolute Gasteiger partial charge is 0.493 e. The lowest BCUT2D eigenvalue weighted by atomic mass is 10.1. The zero-order chi connectivity index (χ0) is 33.1. The van der Waals surface area contributed by atoms with Gasteiger partial charge >= 0.3 is 0 Å². The molecule has 2 aliphatic heterocycles. The Kier molecular flexibility index (Phi) is 9.31. The number of ether oxygens (including phenoxy) is 1. The molecule has 0 saturated carbocycles. The third-order valence-corrected chi connectivity index (χ3v) is 8.89. The molecule has 14 heteroatoms. The molecule has 4 aromatic rings. The molecule has 2 aliphatic rings. The predicted molar refractivity (Wildman–Crippen MR) is 182 cm³/mol. The normalized spacial score (nSPS) is 15.7. The number of nitrogens with one attached hydrogen (secondary N) is 3. The average molecular weight is 658 g/mol. The van der Waals surface area contributed by atoms with Crippen LogP contribution in [0.2, 0.25) is 0 Å². The lowest BCUT2D eigenvalue weighted by Gasteiger charge is -2.45. The van der Waals surface area contributed by atoms with E-state index in [2.05, 4.69) is 25.8 Å². The number of anilines is 5. The number of rotatable bonds is 9. The second-order valence-electron chi connectivity index (χ2n) is 11.6. The molecule has 47 heavy (non-hydrogen) atoms. The highest BCUT2D eigenvalue weighted by Gasteiger charge is 2.34. The Morgan fingerprint density at radius 3 is 2.83 bits per heavy atom. The quantitative estimate of drug-likeness (QED) is 0.220. The SMILES string of the molecule is COc1ccc(-c2cnc3c(c2)NCC2CN(C(=O)/C=C/CN(C)C)CCN32)nc1Nc1ncc(C(=O)Nc2c(C)cccc2F)s1. The predicted octanol–water partition coefficient (Wildman–Crippen LogP) is 4.61. The van der Waals surface area contributed by atoms with E-state index in [1.807, 2.05) is 42.1 Å². The number of aryl methyl sites for hydroxylation is 1. The van der Waals surface area contributed by atoms with Gasteiger partial charge in [-0.15, -0.1) is 0 Å². The standard InChI is InChI=1S/C33H36FN9O3S/c1-20-7-5-8-23(34)29(20)39-32(45)27-18-37-33(47-27)40-30-26(46-4)11-10-24(38-30)21-15-25-31(36-16-21)43-14-13-42(19-22(43)17-35-25)28(44)9-6-12-41(2)3/h5-11,15-16,18,22,35H,12-14,17,19H2,1-4H3,(H,39,45)(H,37,38,40)/b9-6+. The number of hydrogen-bond acceptors (Lipinski definition) is 11. The van der Waals surface area contributed by atoms with Gasteiger partial charge in [0.15, 0.2) is 22.5 Å². The molecule has 12 nitrogen and oxygen atoms in total. The van der Waals surface area contributed by atoms with E-state index in [4.69, 9.17) is 14.7 Å². The van der Waals surface area contributed by atoms with Crippen LogP contribution < -0.4 is 25.6 Å². The molecule has 5 heterocycles. The van der Waals surface area contributed by atoms with Gasteiger partial charge in [-0.2, -0.15) is 0 Å². The molecular formula is C33H36FN9O3S. The summed E-state index contributed by atoms with van der Waals surface area (Å²) in [6.45, 7) is 5.08. The van der Waals surface area contributed by atoms with Crippen LogP contribution in [0.3, 0.4) is 0 Å². The molecule has 3 aromatic heterocycles. The highest BCUT2D eigenvalue weighted by atomic mass is 32.1. The molecule has 0 radical (unpaired) electrons. The molecule has 1 atom stereocenters. The topological polar surface area (TPSA) is 128 Å². The number of piperazine rings is 1. The third-order valence-electron chi connectivity index (χ3n) is 7.98. The van der Waals surface area contributed by atoms with Crippen molar-refractivity contribution in [3.63, 3.8) is 0 Å². The first kappa shape index (κ1) is 31.9. The van der Waals surface area contributed by atoms with Crippen molar-refractivity contribution < 1.29 is 18.7 Å². The minimum absolute atomic E-state index is 0.0329. The summed E-state index contributed by atoms with van der Waals surface area (Å²) in [7, 11) is 5.49. The molecule has 0 aliphatic carbocycles. The van der Waals surface area contributed by atoms with Gasteiger partial charge in [-0.25, -0.2) is 19.3 Å². The number of para-hydroxylation sites is 1. The molecule has 6 rings (SSSR count). The van der Waals surface area contributed by atoms with Crippen LogP contribution in [0.1, 0.15) is 15.2 Å². The van der Waals surface area contributed by atoms with E-state index in [1.54, 1.807) is 44.5 Å². The molecule has 244 valence electrons. The number of amides is 2. The number of nitrogens with zero attached hydrogens (tertiary/aromatic N) is 6. The van der Waals surface area contributed by atoms with Crippen LogP contribution in [0.25, 0.3) is 11.3 Å². The first-order chi connectivity index (χ1) is 22.7. The molecule has 3 N–H and O–H groups in total. The van der Waals surface area contributed by atoms with Crippen molar-refractivity contribution in [2.75, 3.05) is 74.8 Å². The summed E-state index contributed by atoms with van der Waals surface area (Å²) in [6.07, 6.45) is 6.77. The van der Waals surface area contributed by atoms with Crippen LogP contribution in [-0.4, -0.2) is 96.5 Å². The number of fused-ring (bicyclic) bond motifs is 3. The van der Waals surface area contributed by atoms with Crippen molar-refractivity contribution in [1.82, 2.24) is 24.8 Å². The summed E-state index contributed by atoms with van der Waals surface area (Å²) in [4.78, 5) is 46.0.